The summed E-state index contributed by atoms with van der Waals surface area (Å²) in [5.74, 6) is 0.624. The number of piperidine rings is 1. The summed E-state index contributed by atoms with van der Waals surface area (Å²) in [7, 11) is 1.95. The molecule has 1 heterocycles. The van der Waals surface area contributed by atoms with Crippen molar-refractivity contribution in [3.05, 3.63) is 34.9 Å². The van der Waals surface area contributed by atoms with Gasteiger partial charge in [0.2, 0.25) is 5.91 Å². The van der Waals surface area contributed by atoms with E-state index in [-0.39, 0.29) is 12.5 Å². The Hall–Kier alpha value is -1.10. The maximum atomic E-state index is 12.2. The molecule has 116 valence electrons. The number of nitrogens with zero attached hydrogens (tertiary/aromatic N) is 1. The molecule has 1 aliphatic heterocycles. The molecule has 0 aliphatic carbocycles. The van der Waals surface area contributed by atoms with E-state index in [2.05, 4.69) is 5.32 Å². The van der Waals surface area contributed by atoms with Gasteiger partial charge in [-0.2, -0.15) is 0 Å². The van der Waals surface area contributed by atoms with Gasteiger partial charge in [-0.1, -0.05) is 29.8 Å². The Labute approximate surface area is 131 Å². The van der Waals surface area contributed by atoms with Crippen LogP contribution >= 0.6 is 11.6 Å². The van der Waals surface area contributed by atoms with E-state index in [9.17, 15) is 4.79 Å². The van der Waals surface area contributed by atoms with Gasteiger partial charge in [-0.05, 0) is 44.0 Å². The van der Waals surface area contributed by atoms with Crippen LogP contribution in [0.1, 0.15) is 18.4 Å². The number of amides is 1. The third kappa shape index (κ3) is 4.99. The molecule has 5 heteroatoms. The van der Waals surface area contributed by atoms with E-state index in [1.165, 1.54) is 6.42 Å². The van der Waals surface area contributed by atoms with Gasteiger partial charge in [0.25, 0.3) is 0 Å². The van der Waals surface area contributed by atoms with E-state index in [0.717, 1.165) is 31.6 Å². The molecule has 2 rings (SSSR count). The molecule has 1 aromatic rings. The zero-order valence-corrected chi connectivity index (χ0v) is 13.2. The fourth-order valence-corrected chi connectivity index (χ4v) is 2.89. The highest BCUT2D eigenvalue weighted by molar-refractivity contribution is 6.31. The van der Waals surface area contributed by atoms with Gasteiger partial charge in [0.05, 0.1) is 6.61 Å². The second-order valence-electron chi connectivity index (χ2n) is 5.49. The molecule has 1 N–H and O–H groups in total. The van der Waals surface area contributed by atoms with Crippen LogP contribution in [0.2, 0.25) is 5.02 Å². The van der Waals surface area contributed by atoms with E-state index < -0.39 is 0 Å². The molecule has 1 unspecified atom stereocenters. The minimum Gasteiger partial charge on any atom is -0.367 e. The summed E-state index contributed by atoms with van der Waals surface area (Å²) in [5.41, 5.74) is 0.915. The Morgan fingerprint density at radius 1 is 1.48 bits per heavy atom. The second-order valence-corrected chi connectivity index (χ2v) is 5.90. The monoisotopic (exact) mass is 310 g/mol. The number of rotatable bonds is 6. The van der Waals surface area contributed by atoms with E-state index in [1.54, 1.807) is 0 Å². The highest BCUT2D eigenvalue weighted by Gasteiger charge is 2.23. The topological polar surface area (TPSA) is 41.6 Å². The Bertz CT molecular complexity index is 465. The Balaban J connectivity index is 1.75. The molecule has 1 fully saturated rings. The van der Waals surface area contributed by atoms with Crippen molar-refractivity contribution < 1.29 is 9.53 Å². The number of halogens is 1. The molecule has 1 amide bonds. The van der Waals surface area contributed by atoms with Crippen LogP contribution in [0.5, 0.6) is 0 Å². The first kappa shape index (κ1) is 16.3. The SMILES string of the molecule is CNCC1CCCN(C(=O)COCc2ccccc2Cl)C1. The van der Waals surface area contributed by atoms with E-state index >= 15 is 0 Å². The van der Waals surface area contributed by atoms with Crippen molar-refractivity contribution in [2.75, 3.05) is 33.3 Å². The van der Waals surface area contributed by atoms with Crippen molar-refractivity contribution in [3.63, 3.8) is 0 Å². The van der Waals surface area contributed by atoms with Gasteiger partial charge in [0.1, 0.15) is 6.61 Å². The van der Waals surface area contributed by atoms with Crippen molar-refractivity contribution in [3.8, 4) is 0 Å². The third-order valence-electron chi connectivity index (χ3n) is 3.81. The average molecular weight is 311 g/mol. The molecule has 0 spiro atoms. The maximum absolute atomic E-state index is 12.2. The second kappa shape index (κ2) is 8.37. The summed E-state index contributed by atoms with van der Waals surface area (Å²) >= 11 is 6.06. The van der Waals surface area contributed by atoms with Crippen molar-refractivity contribution in [1.82, 2.24) is 10.2 Å². The van der Waals surface area contributed by atoms with Crippen LogP contribution in [-0.4, -0.2) is 44.1 Å². The third-order valence-corrected chi connectivity index (χ3v) is 4.17. The standard InChI is InChI=1S/C16H23ClN2O2/c1-18-9-13-5-4-8-19(10-13)16(20)12-21-11-14-6-2-3-7-15(14)17/h2-3,6-7,13,18H,4-5,8-12H2,1H3. The van der Waals surface area contributed by atoms with Gasteiger partial charge >= 0.3 is 0 Å². The summed E-state index contributed by atoms with van der Waals surface area (Å²) in [6.45, 7) is 3.13. The van der Waals surface area contributed by atoms with Crippen molar-refractivity contribution in [2.45, 2.75) is 19.4 Å². The number of ether oxygens (including phenoxy) is 1. The van der Waals surface area contributed by atoms with Crippen molar-refractivity contribution in [2.24, 2.45) is 5.92 Å². The molecule has 0 radical (unpaired) electrons. The van der Waals surface area contributed by atoms with Crippen LogP contribution in [0.4, 0.5) is 0 Å². The summed E-state index contributed by atoms with van der Waals surface area (Å²) in [6.07, 6.45) is 2.26. The first-order valence-corrected chi connectivity index (χ1v) is 7.82. The lowest BCUT2D eigenvalue weighted by atomic mass is 9.98. The smallest absolute Gasteiger partial charge is 0.248 e. The maximum Gasteiger partial charge on any atom is 0.248 e. The lowest BCUT2D eigenvalue weighted by molar-refractivity contribution is -0.138. The number of nitrogens with one attached hydrogen (secondary N) is 1. The lowest BCUT2D eigenvalue weighted by Crippen LogP contribution is -2.43. The molecule has 0 aromatic heterocycles. The van der Waals surface area contributed by atoms with E-state index in [4.69, 9.17) is 16.3 Å². The molecule has 21 heavy (non-hydrogen) atoms. The predicted molar refractivity (Wildman–Crippen MR) is 84.3 cm³/mol. The molecule has 1 aliphatic rings. The van der Waals surface area contributed by atoms with Crippen molar-refractivity contribution >= 4 is 17.5 Å². The first-order valence-electron chi connectivity index (χ1n) is 7.44. The first-order chi connectivity index (χ1) is 10.2. The Morgan fingerprint density at radius 3 is 3.05 bits per heavy atom. The molecule has 1 aromatic carbocycles. The van der Waals surface area contributed by atoms with Gasteiger partial charge in [0.15, 0.2) is 0 Å². The quantitative estimate of drug-likeness (QED) is 0.877. The van der Waals surface area contributed by atoms with Gasteiger partial charge in [-0.25, -0.2) is 0 Å². The number of carbonyl (C=O) groups is 1. The van der Waals surface area contributed by atoms with Crippen LogP contribution < -0.4 is 5.32 Å². The van der Waals surface area contributed by atoms with Gasteiger partial charge < -0.3 is 15.0 Å². The fourth-order valence-electron chi connectivity index (χ4n) is 2.70. The van der Waals surface area contributed by atoms with Gasteiger partial charge in [0, 0.05) is 18.1 Å². The Kier molecular flexibility index (Phi) is 6.49. The molecule has 1 atom stereocenters. The fraction of sp³-hybridized carbons (Fsp3) is 0.562. The zero-order chi connectivity index (χ0) is 15.1. The molecule has 4 nitrogen and oxygen atoms in total. The number of hydrogen-bond acceptors (Lipinski definition) is 3. The van der Waals surface area contributed by atoms with Gasteiger partial charge in [-0.15, -0.1) is 0 Å². The lowest BCUT2D eigenvalue weighted by Gasteiger charge is -2.32. The molecule has 0 saturated carbocycles. The number of benzene rings is 1. The highest BCUT2D eigenvalue weighted by Crippen LogP contribution is 2.17. The van der Waals surface area contributed by atoms with Crippen LogP contribution in [0.3, 0.4) is 0 Å². The summed E-state index contributed by atoms with van der Waals surface area (Å²) in [4.78, 5) is 14.1. The molecule has 1 saturated heterocycles. The minimum absolute atomic E-state index is 0.0721. The zero-order valence-electron chi connectivity index (χ0n) is 12.5. The summed E-state index contributed by atoms with van der Waals surface area (Å²) in [5, 5.41) is 3.86. The summed E-state index contributed by atoms with van der Waals surface area (Å²) < 4.78 is 5.52. The minimum atomic E-state index is 0.0721. The molecular formula is C16H23ClN2O2. The largest absolute Gasteiger partial charge is 0.367 e. The normalized spacial score (nSPS) is 18.8. The highest BCUT2D eigenvalue weighted by atomic mass is 35.5. The number of carbonyl (C=O) groups excluding carboxylic acids is 1. The van der Waals surface area contributed by atoms with E-state index in [1.807, 2.05) is 36.2 Å². The van der Waals surface area contributed by atoms with Crippen LogP contribution in [0.25, 0.3) is 0 Å². The molecular weight excluding hydrogens is 288 g/mol. The Morgan fingerprint density at radius 2 is 2.29 bits per heavy atom. The number of likely N-dealkylation sites (tertiary alicyclic amines) is 1. The van der Waals surface area contributed by atoms with Crippen LogP contribution in [0, 0.1) is 5.92 Å². The summed E-state index contributed by atoms with van der Waals surface area (Å²) in [6, 6.07) is 7.54. The van der Waals surface area contributed by atoms with E-state index in [0.29, 0.717) is 17.5 Å². The predicted octanol–water partition coefficient (Wildman–Crippen LogP) is 2.31. The molecule has 0 bridgehead atoms. The van der Waals surface area contributed by atoms with Crippen LogP contribution in [-0.2, 0) is 16.1 Å². The number of hydrogen-bond donors (Lipinski definition) is 1. The average Bonchev–Trinajstić information content (AvgIpc) is 2.50. The van der Waals surface area contributed by atoms with Gasteiger partial charge in [-0.3, -0.25) is 4.79 Å². The van der Waals surface area contributed by atoms with Crippen LogP contribution in [0.15, 0.2) is 24.3 Å². The van der Waals surface area contributed by atoms with Crippen molar-refractivity contribution in [1.29, 1.82) is 0 Å².